The molecule has 26 heavy (non-hydrogen) atoms. The molecule has 0 bridgehead atoms. The number of anilines is 1. The number of piperidine rings is 1. The van der Waals surface area contributed by atoms with Gasteiger partial charge in [-0.2, -0.15) is 0 Å². The predicted molar refractivity (Wildman–Crippen MR) is 98.3 cm³/mol. The number of nitrogens with one attached hydrogen (secondary N) is 2. The van der Waals surface area contributed by atoms with Crippen molar-refractivity contribution < 1.29 is 4.79 Å². The second kappa shape index (κ2) is 6.81. The third kappa shape index (κ3) is 3.04. The molecule has 134 valence electrons. The van der Waals surface area contributed by atoms with Crippen molar-refractivity contribution >= 4 is 22.8 Å². The average Bonchev–Trinajstić information content (AvgIpc) is 3.16. The lowest BCUT2D eigenvalue weighted by molar-refractivity contribution is -0.124. The Bertz CT molecular complexity index is 902. The van der Waals surface area contributed by atoms with Gasteiger partial charge in [0.25, 0.3) is 0 Å². The first-order chi connectivity index (χ1) is 12.7. The Balaban J connectivity index is 1.76. The number of carbonyl (C=O) groups is 1. The number of nitrogens with two attached hydrogens (primary N) is 1. The lowest BCUT2D eigenvalue weighted by atomic mass is 9.87. The lowest BCUT2D eigenvalue weighted by Gasteiger charge is -2.37. The summed E-state index contributed by atoms with van der Waals surface area (Å²) in [5, 5.41) is 4.06. The van der Waals surface area contributed by atoms with E-state index in [1.54, 1.807) is 23.5 Å². The average molecular weight is 351 g/mol. The second-order valence-electron chi connectivity index (χ2n) is 6.59. The number of aromatic nitrogens is 4. The number of fused-ring (bicyclic) bond motifs is 1. The van der Waals surface area contributed by atoms with E-state index in [9.17, 15) is 4.79 Å². The Kier molecular flexibility index (Phi) is 4.36. The second-order valence-corrected chi connectivity index (χ2v) is 6.59. The Morgan fingerprint density at radius 1 is 1.19 bits per heavy atom. The molecule has 3 aromatic heterocycles. The monoisotopic (exact) mass is 351 g/mol. The van der Waals surface area contributed by atoms with Gasteiger partial charge in [-0.15, -0.1) is 0 Å². The number of hydrogen-bond acceptors (Lipinski definition) is 6. The number of carbonyl (C=O) groups excluding carboxylic acids is 1. The molecule has 4 rings (SSSR count). The van der Waals surface area contributed by atoms with Crippen LogP contribution in [0.2, 0.25) is 0 Å². The van der Waals surface area contributed by atoms with E-state index in [2.05, 4.69) is 25.3 Å². The smallest absolute Gasteiger partial charge is 0.248 e. The maximum atomic E-state index is 13.5. The van der Waals surface area contributed by atoms with E-state index in [-0.39, 0.29) is 5.91 Å². The van der Waals surface area contributed by atoms with E-state index < -0.39 is 5.54 Å². The molecular weight excluding hydrogens is 330 g/mol. The summed E-state index contributed by atoms with van der Waals surface area (Å²) in [6, 6.07) is 5.66. The summed E-state index contributed by atoms with van der Waals surface area (Å²) in [6.45, 7) is 1.84. The van der Waals surface area contributed by atoms with Crippen molar-refractivity contribution in [3.8, 4) is 0 Å². The number of pyridine rings is 1. The SMILES string of the molecule is NC1(C(=O)N(Cc2ccncc2)c2ncnc3[nH]ccc23)CCNCC1. The third-order valence-corrected chi connectivity index (χ3v) is 4.85. The molecule has 4 heterocycles. The highest BCUT2D eigenvalue weighted by Gasteiger charge is 2.39. The van der Waals surface area contributed by atoms with Gasteiger partial charge in [-0.1, -0.05) is 0 Å². The van der Waals surface area contributed by atoms with Crippen LogP contribution in [0.15, 0.2) is 43.1 Å². The first-order valence-corrected chi connectivity index (χ1v) is 8.66. The molecule has 1 amide bonds. The highest BCUT2D eigenvalue weighted by Crippen LogP contribution is 2.28. The van der Waals surface area contributed by atoms with Gasteiger partial charge in [0.1, 0.15) is 17.8 Å². The van der Waals surface area contributed by atoms with Crippen LogP contribution in [0.1, 0.15) is 18.4 Å². The van der Waals surface area contributed by atoms with Gasteiger partial charge in [0.2, 0.25) is 5.91 Å². The van der Waals surface area contributed by atoms with Gasteiger partial charge in [-0.05, 0) is 49.7 Å². The van der Waals surface area contributed by atoms with E-state index in [1.807, 2.05) is 18.2 Å². The summed E-state index contributed by atoms with van der Waals surface area (Å²) in [4.78, 5) is 30.9. The summed E-state index contributed by atoms with van der Waals surface area (Å²) in [5.41, 5.74) is 7.28. The molecule has 8 nitrogen and oxygen atoms in total. The summed E-state index contributed by atoms with van der Waals surface area (Å²) < 4.78 is 0. The minimum absolute atomic E-state index is 0.114. The zero-order valence-corrected chi connectivity index (χ0v) is 14.4. The van der Waals surface area contributed by atoms with Crippen molar-refractivity contribution in [1.82, 2.24) is 25.3 Å². The molecule has 0 aromatic carbocycles. The summed E-state index contributed by atoms with van der Waals surface area (Å²) >= 11 is 0. The van der Waals surface area contributed by atoms with Gasteiger partial charge >= 0.3 is 0 Å². The minimum Gasteiger partial charge on any atom is -0.346 e. The molecule has 1 fully saturated rings. The fourth-order valence-corrected chi connectivity index (χ4v) is 3.34. The molecule has 4 N–H and O–H groups in total. The molecule has 0 unspecified atom stereocenters. The van der Waals surface area contributed by atoms with Crippen molar-refractivity contribution in [3.63, 3.8) is 0 Å². The third-order valence-electron chi connectivity index (χ3n) is 4.85. The highest BCUT2D eigenvalue weighted by molar-refractivity contribution is 6.04. The van der Waals surface area contributed by atoms with E-state index in [0.29, 0.717) is 30.9 Å². The van der Waals surface area contributed by atoms with Crippen LogP contribution in [0, 0.1) is 0 Å². The van der Waals surface area contributed by atoms with Gasteiger partial charge in [-0.25, -0.2) is 9.97 Å². The molecule has 3 aromatic rings. The van der Waals surface area contributed by atoms with Crippen molar-refractivity contribution in [2.24, 2.45) is 5.73 Å². The quantitative estimate of drug-likeness (QED) is 0.645. The molecule has 1 aliphatic rings. The van der Waals surface area contributed by atoms with Gasteiger partial charge < -0.3 is 16.0 Å². The van der Waals surface area contributed by atoms with Gasteiger partial charge in [-0.3, -0.25) is 14.7 Å². The molecule has 8 heteroatoms. The molecule has 1 aliphatic heterocycles. The number of hydrogen-bond donors (Lipinski definition) is 3. The zero-order valence-electron chi connectivity index (χ0n) is 14.4. The molecule has 0 atom stereocenters. The molecule has 0 saturated carbocycles. The van der Waals surface area contributed by atoms with Crippen LogP contribution in [0.25, 0.3) is 11.0 Å². The molecule has 0 spiro atoms. The lowest BCUT2D eigenvalue weighted by Crippen LogP contribution is -2.60. The zero-order chi connectivity index (χ0) is 18.0. The Morgan fingerprint density at radius 3 is 2.73 bits per heavy atom. The topological polar surface area (TPSA) is 113 Å². The summed E-state index contributed by atoms with van der Waals surface area (Å²) in [7, 11) is 0. The van der Waals surface area contributed by atoms with Gasteiger partial charge in [0.15, 0.2) is 0 Å². The summed E-state index contributed by atoms with van der Waals surface area (Å²) in [6.07, 6.45) is 7.88. The number of aromatic amines is 1. The predicted octanol–water partition coefficient (Wildman–Crippen LogP) is 0.967. The van der Waals surface area contributed by atoms with Crippen LogP contribution >= 0.6 is 0 Å². The van der Waals surface area contributed by atoms with E-state index in [4.69, 9.17) is 5.73 Å². The first-order valence-electron chi connectivity index (χ1n) is 8.66. The number of nitrogens with zero attached hydrogens (tertiary/aromatic N) is 4. The summed E-state index contributed by atoms with van der Waals surface area (Å²) in [5.74, 6) is 0.457. The maximum Gasteiger partial charge on any atom is 0.248 e. The molecule has 0 aliphatic carbocycles. The van der Waals surface area contributed by atoms with Crippen LogP contribution in [0.4, 0.5) is 5.82 Å². The van der Waals surface area contributed by atoms with Crippen molar-refractivity contribution in [2.45, 2.75) is 24.9 Å². The normalized spacial score (nSPS) is 16.5. The van der Waals surface area contributed by atoms with Crippen molar-refractivity contribution in [1.29, 1.82) is 0 Å². The number of amides is 1. The van der Waals surface area contributed by atoms with Gasteiger partial charge in [0, 0.05) is 18.6 Å². The fraction of sp³-hybridized carbons (Fsp3) is 0.333. The van der Waals surface area contributed by atoms with Crippen molar-refractivity contribution in [2.75, 3.05) is 18.0 Å². The van der Waals surface area contributed by atoms with E-state index in [0.717, 1.165) is 24.0 Å². The maximum absolute atomic E-state index is 13.5. The van der Waals surface area contributed by atoms with Crippen LogP contribution in [0.5, 0.6) is 0 Å². The molecular formula is C18H21N7O. The Hall–Kier alpha value is -2.84. The van der Waals surface area contributed by atoms with Gasteiger partial charge in [0.05, 0.1) is 17.5 Å². The molecule has 1 saturated heterocycles. The number of H-pyrrole nitrogens is 1. The van der Waals surface area contributed by atoms with Crippen molar-refractivity contribution in [3.05, 3.63) is 48.7 Å². The fourth-order valence-electron chi connectivity index (χ4n) is 3.34. The standard InChI is InChI=1S/C18H21N7O/c19-18(4-9-21-10-5-18)17(26)25(11-13-1-6-20-7-2-13)16-14-3-8-22-15(14)23-12-24-16/h1-3,6-8,12,21H,4-5,9-11,19H2,(H,22,23,24). The van der Waals surface area contributed by atoms with Crippen LogP contribution in [-0.2, 0) is 11.3 Å². The van der Waals surface area contributed by atoms with Crippen LogP contribution in [0.3, 0.4) is 0 Å². The minimum atomic E-state index is -0.897. The number of rotatable bonds is 4. The molecule has 0 radical (unpaired) electrons. The van der Waals surface area contributed by atoms with Crippen LogP contribution < -0.4 is 16.0 Å². The first kappa shape index (κ1) is 16.6. The van der Waals surface area contributed by atoms with Crippen LogP contribution in [-0.4, -0.2) is 44.5 Å². The van der Waals surface area contributed by atoms with E-state index in [1.165, 1.54) is 6.33 Å². The van der Waals surface area contributed by atoms with E-state index >= 15 is 0 Å². The Morgan fingerprint density at radius 2 is 1.96 bits per heavy atom. The Labute approximate surface area is 150 Å². The highest BCUT2D eigenvalue weighted by atomic mass is 16.2. The largest absolute Gasteiger partial charge is 0.346 e.